The van der Waals surface area contributed by atoms with Crippen LogP contribution in [-0.4, -0.2) is 51.2 Å². The van der Waals surface area contributed by atoms with Gasteiger partial charge in [0.1, 0.15) is 5.54 Å². The number of nitrogens with zero attached hydrogens (tertiary/aromatic N) is 3. The SMILES string of the molecule is COC(=O)c1cn(-c2cccc(NC(=O)C(C)(N)CO)c2)nn1. The van der Waals surface area contributed by atoms with Crippen LogP contribution in [0.2, 0.25) is 0 Å². The molecule has 1 aromatic heterocycles. The first-order valence-electron chi connectivity index (χ1n) is 6.69. The standard InChI is InChI=1S/C14H17N5O4/c1-14(15,8-20)13(22)16-9-4-3-5-10(6-9)19-7-11(17-18-19)12(21)23-2/h3-7,20H,8,15H2,1-2H3,(H,16,22). The lowest BCUT2D eigenvalue weighted by Gasteiger charge is -2.20. The Morgan fingerprint density at radius 3 is 2.87 bits per heavy atom. The summed E-state index contributed by atoms with van der Waals surface area (Å²) in [5, 5.41) is 19.2. The molecule has 0 saturated carbocycles. The fourth-order valence-corrected chi connectivity index (χ4v) is 1.66. The number of carbonyl (C=O) groups is 2. The van der Waals surface area contributed by atoms with E-state index < -0.39 is 24.0 Å². The van der Waals surface area contributed by atoms with Gasteiger partial charge in [0, 0.05) is 5.69 Å². The molecule has 1 unspecified atom stereocenters. The van der Waals surface area contributed by atoms with Gasteiger partial charge in [0.25, 0.3) is 0 Å². The molecular weight excluding hydrogens is 302 g/mol. The highest BCUT2D eigenvalue weighted by Crippen LogP contribution is 2.15. The van der Waals surface area contributed by atoms with Crippen molar-refractivity contribution in [2.45, 2.75) is 12.5 Å². The topological polar surface area (TPSA) is 132 Å². The molecule has 1 atom stereocenters. The van der Waals surface area contributed by atoms with Gasteiger partial charge in [-0.05, 0) is 25.1 Å². The highest BCUT2D eigenvalue weighted by molar-refractivity contribution is 5.97. The molecule has 1 amide bonds. The molecule has 1 aromatic carbocycles. The number of hydrogen-bond donors (Lipinski definition) is 3. The molecule has 0 aliphatic rings. The number of methoxy groups -OCH3 is 1. The Bertz CT molecular complexity index is 725. The number of aliphatic hydroxyl groups is 1. The summed E-state index contributed by atoms with van der Waals surface area (Å²) in [4.78, 5) is 23.3. The molecule has 0 bridgehead atoms. The molecule has 1 heterocycles. The summed E-state index contributed by atoms with van der Waals surface area (Å²) in [6.07, 6.45) is 1.41. The van der Waals surface area contributed by atoms with Gasteiger partial charge in [-0.25, -0.2) is 9.48 Å². The number of ether oxygens (including phenoxy) is 1. The van der Waals surface area contributed by atoms with Crippen LogP contribution in [0, 0.1) is 0 Å². The minimum absolute atomic E-state index is 0.0664. The summed E-state index contributed by atoms with van der Waals surface area (Å²) in [6, 6.07) is 6.70. The van der Waals surface area contributed by atoms with Crippen LogP contribution in [0.1, 0.15) is 17.4 Å². The Balaban J connectivity index is 2.22. The predicted octanol–water partition coefficient (Wildman–Crippen LogP) is -0.298. The number of aromatic nitrogens is 3. The van der Waals surface area contributed by atoms with Gasteiger partial charge in [-0.1, -0.05) is 11.3 Å². The molecule has 0 fully saturated rings. The third kappa shape index (κ3) is 3.71. The number of aliphatic hydroxyl groups excluding tert-OH is 1. The van der Waals surface area contributed by atoms with Gasteiger partial charge in [0.05, 0.1) is 25.6 Å². The number of amides is 1. The van der Waals surface area contributed by atoms with E-state index >= 15 is 0 Å². The van der Waals surface area contributed by atoms with Crippen molar-refractivity contribution in [3.8, 4) is 5.69 Å². The molecule has 122 valence electrons. The van der Waals surface area contributed by atoms with Gasteiger partial charge in [0.2, 0.25) is 5.91 Å². The van der Waals surface area contributed by atoms with E-state index in [1.54, 1.807) is 24.3 Å². The van der Waals surface area contributed by atoms with Crippen LogP contribution in [0.15, 0.2) is 30.5 Å². The summed E-state index contributed by atoms with van der Waals surface area (Å²) >= 11 is 0. The van der Waals surface area contributed by atoms with Crippen LogP contribution in [0.25, 0.3) is 5.69 Å². The van der Waals surface area contributed by atoms with E-state index in [4.69, 9.17) is 10.8 Å². The lowest BCUT2D eigenvalue weighted by molar-refractivity contribution is -0.121. The van der Waals surface area contributed by atoms with E-state index in [2.05, 4.69) is 20.4 Å². The first-order chi connectivity index (χ1) is 10.9. The second-order valence-electron chi connectivity index (χ2n) is 5.12. The van der Waals surface area contributed by atoms with E-state index in [0.29, 0.717) is 11.4 Å². The molecule has 0 saturated heterocycles. The van der Waals surface area contributed by atoms with Crippen LogP contribution < -0.4 is 11.1 Å². The second-order valence-corrected chi connectivity index (χ2v) is 5.12. The summed E-state index contributed by atoms with van der Waals surface area (Å²) in [7, 11) is 1.25. The van der Waals surface area contributed by atoms with Gasteiger partial charge in [-0.2, -0.15) is 0 Å². The Morgan fingerprint density at radius 2 is 2.22 bits per heavy atom. The molecule has 2 aromatic rings. The van der Waals surface area contributed by atoms with Gasteiger partial charge in [0.15, 0.2) is 5.69 Å². The van der Waals surface area contributed by atoms with E-state index in [1.165, 1.54) is 24.9 Å². The summed E-state index contributed by atoms with van der Waals surface area (Å²) in [5.41, 5.74) is 5.39. The molecule has 0 radical (unpaired) electrons. The number of benzene rings is 1. The summed E-state index contributed by atoms with van der Waals surface area (Å²) in [6.45, 7) is 0.941. The number of hydrogen-bond acceptors (Lipinski definition) is 7. The zero-order valence-corrected chi connectivity index (χ0v) is 12.7. The number of esters is 1. The van der Waals surface area contributed by atoms with Crippen molar-refractivity contribution >= 4 is 17.6 Å². The first kappa shape index (κ1) is 16.6. The maximum absolute atomic E-state index is 12.0. The highest BCUT2D eigenvalue weighted by atomic mass is 16.5. The van der Waals surface area contributed by atoms with Crippen molar-refractivity contribution in [1.82, 2.24) is 15.0 Å². The minimum atomic E-state index is -1.39. The third-order valence-electron chi connectivity index (χ3n) is 3.10. The van der Waals surface area contributed by atoms with Gasteiger partial charge in [-0.3, -0.25) is 4.79 Å². The zero-order valence-electron chi connectivity index (χ0n) is 12.7. The van der Waals surface area contributed by atoms with Crippen molar-refractivity contribution < 1.29 is 19.4 Å². The molecular formula is C14H17N5O4. The van der Waals surface area contributed by atoms with Crippen molar-refractivity contribution in [1.29, 1.82) is 0 Å². The lowest BCUT2D eigenvalue weighted by Crippen LogP contribution is -2.51. The predicted molar refractivity (Wildman–Crippen MR) is 81.0 cm³/mol. The molecule has 9 nitrogen and oxygen atoms in total. The van der Waals surface area contributed by atoms with Crippen molar-refractivity contribution in [2.24, 2.45) is 5.73 Å². The van der Waals surface area contributed by atoms with Crippen molar-refractivity contribution in [3.05, 3.63) is 36.2 Å². The summed E-state index contributed by atoms with van der Waals surface area (Å²) in [5.74, 6) is -1.12. The Kier molecular flexibility index (Phi) is 4.72. The Morgan fingerprint density at radius 1 is 1.48 bits per heavy atom. The van der Waals surface area contributed by atoms with E-state index in [0.717, 1.165) is 0 Å². The molecule has 9 heteroatoms. The normalized spacial score (nSPS) is 13.2. The lowest BCUT2D eigenvalue weighted by atomic mass is 10.0. The first-order valence-corrected chi connectivity index (χ1v) is 6.69. The van der Waals surface area contributed by atoms with Crippen LogP contribution in [0.5, 0.6) is 0 Å². The smallest absolute Gasteiger partial charge is 0.360 e. The van der Waals surface area contributed by atoms with Gasteiger partial charge >= 0.3 is 5.97 Å². The van der Waals surface area contributed by atoms with Crippen LogP contribution in [0.3, 0.4) is 0 Å². The average molecular weight is 319 g/mol. The fourth-order valence-electron chi connectivity index (χ4n) is 1.66. The largest absolute Gasteiger partial charge is 0.464 e. The number of nitrogens with one attached hydrogen (secondary N) is 1. The molecule has 0 aliphatic heterocycles. The molecule has 23 heavy (non-hydrogen) atoms. The monoisotopic (exact) mass is 319 g/mol. The number of nitrogens with two attached hydrogens (primary N) is 1. The quantitative estimate of drug-likeness (QED) is 0.644. The number of carbonyl (C=O) groups excluding carboxylic acids is 2. The maximum atomic E-state index is 12.0. The van der Waals surface area contributed by atoms with E-state index in [1.807, 2.05) is 0 Å². The third-order valence-corrected chi connectivity index (χ3v) is 3.10. The zero-order chi connectivity index (χ0) is 17.0. The van der Waals surface area contributed by atoms with E-state index in [-0.39, 0.29) is 5.69 Å². The molecule has 0 aliphatic carbocycles. The number of rotatable bonds is 5. The maximum Gasteiger partial charge on any atom is 0.360 e. The van der Waals surface area contributed by atoms with Crippen LogP contribution >= 0.6 is 0 Å². The van der Waals surface area contributed by atoms with E-state index in [9.17, 15) is 9.59 Å². The molecule has 2 rings (SSSR count). The van der Waals surface area contributed by atoms with Crippen LogP contribution in [-0.2, 0) is 9.53 Å². The second kappa shape index (κ2) is 6.55. The average Bonchev–Trinajstić information content (AvgIpc) is 3.04. The molecule has 0 spiro atoms. The Labute approximate surface area is 132 Å². The van der Waals surface area contributed by atoms with Crippen molar-refractivity contribution in [2.75, 3.05) is 19.0 Å². The fraction of sp³-hybridized carbons (Fsp3) is 0.286. The Hall–Kier alpha value is -2.78. The van der Waals surface area contributed by atoms with Crippen molar-refractivity contribution in [3.63, 3.8) is 0 Å². The number of anilines is 1. The van der Waals surface area contributed by atoms with Gasteiger partial charge < -0.3 is 20.9 Å². The molecule has 4 N–H and O–H groups in total. The van der Waals surface area contributed by atoms with Gasteiger partial charge in [-0.15, -0.1) is 5.10 Å². The summed E-state index contributed by atoms with van der Waals surface area (Å²) < 4.78 is 5.93. The highest BCUT2D eigenvalue weighted by Gasteiger charge is 2.27. The minimum Gasteiger partial charge on any atom is -0.464 e. The van der Waals surface area contributed by atoms with Crippen LogP contribution in [0.4, 0.5) is 5.69 Å².